The molecule has 0 spiro atoms. The summed E-state index contributed by atoms with van der Waals surface area (Å²) < 4.78 is 38.0. The van der Waals surface area contributed by atoms with Crippen LogP contribution in [0.3, 0.4) is 0 Å². The first-order valence-corrected chi connectivity index (χ1v) is 12.3. The van der Waals surface area contributed by atoms with Crippen molar-refractivity contribution in [1.29, 1.82) is 0 Å². The number of carbonyl (C=O) groups is 3. The van der Waals surface area contributed by atoms with E-state index in [1.807, 2.05) is 20.8 Å². The number of aromatic amines is 1. The minimum atomic E-state index is -1.14. The third kappa shape index (κ3) is 5.25. The predicted octanol–water partition coefficient (Wildman–Crippen LogP) is 5.28. The first-order chi connectivity index (χ1) is 18.1. The molecule has 0 bridgehead atoms. The summed E-state index contributed by atoms with van der Waals surface area (Å²) in [6.07, 6.45) is 1.57. The van der Waals surface area contributed by atoms with Gasteiger partial charge >= 0.3 is 12.1 Å². The number of fused-ring (bicyclic) bond motifs is 3. The van der Waals surface area contributed by atoms with Crippen molar-refractivity contribution in [2.45, 2.75) is 39.5 Å². The van der Waals surface area contributed by atoms with Crippen LogP contribution in [0.25, 0.3) is 16.5 Å². The van der Waals surface area contributed by atoms with Gasteiger partial charge in [-0.2, -0.15) is 0 Å². The van der Waals surface area contributed by atoms with Gasteiger partial charge in [0.25, 0.3) is 5.91 Å². The summed E-state index contributed by atoms with van der Waals surface area (Å²) in [5.74, 6) is -3.14. The summed E-state index contributed by atoms with van der Waals surface area (Å²) in [6.45, 7) is 8.15. The highest BCUT2D eigenvalue weighted by Gasteiger charge is 2.37. The molecule has 0 saturated carbocycles. The van der Waals surface area contributed by atoms with Crippen LogP contribution in [0, 0.1) is 11.6 Å². The number of hydrogen-bond acceptors (Lipinski definition) is 5. The Morgan fingerprint density at radius 3 is 2.53 bits per heavy atom. The molecule has 0 radical (unpaired) electrons. The molecule has 1 aliphatic rings. The number of nitrogens with one attached hydrogen (secondary N) is 2. The highest BCUT2D eigenvalue weighted by atomic mass is 19.2. The fraction of sp³-hybridized carbons (Fsp3) is 0.321. The number of amides is 2. The van der Waals surface area contributed by atoms with Crippen molar-refractivity contribution in [2.75, 3.05) is 19.7 Å². The van der Waals surface area contributed by atoms with Crippen molar-refractivity contribution in [1.82, 2.24) is 15.2 Å². The molecule has 0 aliphatic carbocycles. The maximum absolute atomic E-state index is 13.9. The monoisotopic (exact) mass is 525 g/mol. The van der Waals surface area contributed by atoms with E-state index in [4.69, 9.17) is 9.47 Å². The topological polar surface area (TPSA) is 101 Å². The molecule has 4 rings (SSSR count). The van der Waals surface area contributed by atoms with Crippen LogP contribution in [0.15, 0.2) is 42.6 Å². The minimum Gasteiger partial charge on any atom is -0.462 e. The first-order valence-electron chi connectivity index (χ1n) is 12.3. The number of carbonyl (C=O) groups excluding carboxylic acids is 3. The second-order valence-electron chi connectivity index (χ2n) is 9.61. The van der Waals surface area contributed by atoms with Crippen LogP contribution in [0.2, 0.25) is 0 Å². The largest absolute Gasteiger partial charge is 0.462 e. The second-order valence-corrected chi connectivity index (χ2v) is 9.61. The van der Waals surface area contributed by atoms with Gasteiger partial charge in [-0.25, -0.2) is 18.4 Å². The van der Waals surface area contributed by atoms with E-state index in [2.05, 4.69) is 10.3 Å². The number of hydrogen-bond donors (Lipinski definition) is 2. The molecule has 2 N–H and O–H groups in total. The summed E-state index contributed by atoms with van der Waals surface area (Å²) in [4.78, 5) is 43.0. The minimum absolute atomic E-state index is 0.0577. The molecule has 38 heavy (non-hydrogen) atoms. The van der Waals surface area contributed by atoms with E-state index in [1.165, 1.54) is 17.2 Å². The molecule has 8 nitrogen and oxygen atoms in total. The van der Waals surface area contributed by atoms with Crippen LogP contribution in [-0.2, 0) is 14.9 Å². The molecule has 0 unspecified atom stereocenters. The molecular formula is C28H29F2N3O5. The van der Waals surface area contributed by atoms with Crippen LogP contribution in [-0.4, -0.2) is 47.6 Å². The lowest BCUT2D eigenvalue weighted by Gasteiger charge is -2.29. The first kappa shape index (κ1) is 26.8. The molecule has 1 aromatic heterocycles. The zero-order valence-corrected chi connectivity index (χ0v) is 21.6. The normalized spacial score (nSPS) is 14.4. The molecule has 0 saturated heterocycles. The summed E-state index contributed by atoms with van der Waals surface area (Å²) in [6, 6.07) is 8.02. The van der Waals surface area contributed by atoms with Crippen LogP contribution in [0.4, 0.5) is 13.6 Å². The highest BCUT2D eigenvalue weighted by Crippen LogP contribution is 2.41. The van der Waals surface area contributed by atoms with Crippen molar-refractivity contribution in [3.63, 3.8) is 0 Å². The number of aromatic nitrogens is 1. The zero-order valence-electron chi connectivity index (χ0n) is 21.6. The van der Waals surface area contributed by atoms with E-state index in [0.29, 0.717) is 23.5 Å². The van der Waals surface area contributed by atoms with E-state index in [0.717, 1.165) is 29.5 Å². The number of ether oxygens (including phenoxy) is 2. The average Bonchev–Trinajstić information content (AvgIpc) is 3.20. The van der Waals surface area contributed by atoms with Gasteiger partial charge < -0.3 is 24.7 Å². The Morgan fingerprint density at radius 1 is 1.08 bits per heavy atom. The molecule has 10 heteroatoms. The predicted molar refractivity (Wildman–Crippen MR) is 138 cm³/mol. The lowest BCUT2D eigenvalue weighted by molar-refractivity contribution is -0.136. The second kappa shape index (κ2) is 10.6. The van der Waals surface area contributed by atoms with Gasteiger partial charge in [0.15, 0.2) is 11.6 Å². The Hall–Kier alpha value is -4.21. The number of halogens is 2. The number of benzene rings is 2. The van der Waals surface area contributed by atoms with Crippen LogP contribution in [0.1, 0.15) is 55.7 Å². The SMILES string of the molecule is CCCNC(=O)Oc1ccc2c3c([nH]c2c1)C(C(=O)OCC)=CN(C(=O)c1ccc(F)c(F)c1)CC3(C)C. The van der Waals surface area contributed by atoms with Crippen molar-refractivity contribution >= 4 is 34.4 Å². The molecule has 1 aliphatic heterocycles. The lowest BCUT2D eigenvalue weighted by atomic mass is 9.81. The molecule has 0 atom stereocenters. The highest BCUT2D eigenvalue weighted by molar-refractivity contribution is 6.18. The van der Waals surface area contributed by atoms with Crippen molar-refractivity contribution in [3.05, 3.63) is 71.1 Å². The number of esters is 1. The van der Waals surface area contributed by atoms with Gasteiger partial charge in [-0.1, -0.05) is 20.8 Å². The van der Waals surface area contributed by atoms with E-state index < -0.39 is 35.0 Å². The van der Waals surface area contributed by atoms with Crippen LogP contribution >= 0.6 is 0 Å². The fourth-order valence-electron chi connectivity index (χ4n) is 4.58. The maximum Gasteiger partial charge on any atom is 0.412 e. The van der Waals surface area contributed by atoms with E-state index >= 15 is 0 Å². The Bertz CT molecular complexity index is 1440. The Kier molecular flexibility index (Phi) is 7.52. The summed E-state index contributed by atoms with van der Waals surface area (Å²) in [7, 11) is 0. The molecule has 200 valence electrons. The van der Waals surface area contributed by atoms with E-state index in [9.17, 15) is 23.2 Å². The van der Waals surface area contributed by atoms with Gasteiger partial charge in [-0.3, -0.25) is 4.79 Å². The van der Waals surface area contributed by atoms with Gasteiger partial charge in [0, 0.05) is 47.2 Å². The molecule has 0 fully saturated rings. The Labute approximate surface area is 218 Å². The van der Waals surface area contributed by atoms with E-state index in [1.54, 1.807) is 25.1 Å². The quantitative estimate of drug-likeness (QED) is 0.427. The fourth-order valence-corrected chi connectivity index (χ4v) is 4.58. The van der Waals surface area contributed by atoms with Crippen molar-refractivity contribution < 1.29 is 32.6 Å². The van der Waals surface area contributed by atoms with Crippen molar-refractivity contribution in [3.8, 4) is 5.75 Å². The van der Waals surface area contributed by atoms with E-state index in [-0.39, 0.29) is 24.3 Å². The third-order valence-corrected chi connectivity index (χ3v) is 6.22. The standard InChI is InChI=1S/C28H29F2N3O5/c1-5-11-31-27(36)38-17-8-9-18-22(13-17)32-24-19(26(35)37-6-2)14-33(15-28(3,4)23(18)24)25(34)16-7-10-20(29)21(30)12-16/h7-10,12-14,32H,5-6,11,15H2,1-4H3,(H,31,36). The third-order valence-electron chi connectivity index (χ3n) is 6.22. The summed E-state index contributed by atoms with van der Waals surface area (Å²) in [5.41, 5.74) is 1.18. The lowest BCUT2D eigenvalue weighted by Crippen LogP contribution is -2.37. The van der Waals surface area contributed by atoms with Gasteiger partial charge in [0.1, 0.15) is 5.75 Å². The van der Waals surface area contributed by atoms with Gasteiger partial charge in [0.2, 0.25) is 0 Å². The molecule has 2 amide bonds. The Balaban J connectivity index is 1.80. The maximum atomic E-state index is 13.9. The van der Waals surface area contributed by atoms with Crippen molar-refractivity contribution in [2.24, 2.45) is 0 Å². The Morgan fingerprint density at radius 2 is 1.84 bits per heavy atom. The number of nitrogens with zero attached hydrogens (tertiary/aromatic N) is 1. The molecule has 3 aromatic rings. The number of rotatable bonds is 6. The van der Waals surface area contributed by atoms with Gasteiger partial charge in [-0.15, -0.1) is 0 Å². The summed E-state index contributed by atoms with van der Waals surface area (Å²) in [5, 5.41) is 3.41. The smallest absolute Gasteiger partial charge is 0.412 e. The number of H-pyrrole nitrogens is 1. The molecular weight excluding hydrogens is 496 g/mol. The van der Waals surface area contributed by atoms with Gasteiger partial charge in [-0.05, 0) is 49.2 Å². The average molecular weight is 526 g/mol. The van der Waals surface area contributed by atoms with Crippen LogP contribution in [0.5, 0.6) is 5.75 Å². The zero-order chi connectivity index (χ0) is 27.6. The summed E-state index contributed by atoms with van der Waals surface area (Å²) >= 11 is 0. The van der Waals surface area contributed by atoms with Crippen LogP contribution < -0.4 is 10.1 Å². The van der Waals surface area contributed by atoms with Gasteiger partial charge in [0.05, 0.1) is 17.9 Å². The molecule has 2 heterocycles. The molecule has 2 aromatic carbocycles.